The summed E-state index contributed by atoms with van der Waals surface area (Å²) in [6.45, 7) is 11.2. The standard InChI is InChI=1S/C12H24N4O/c1-6-8-15-11(14-7-2)16-9-12(3,4)10(17)13-5/h6H,1,7-9H2,2-5H3,(H,13,17)(H2,14,15,16). The van der Waals surface area contributed by atoms with E-state index in [-0.39, 0.29) is 5.91 Å². The van der Waals surface area contributed by atoms with E-state index in [9.17, 15) is 4.79 Å². The van der Waals surface area contributed by atoms with Gasteiger partial charge >= 0.3 is 0 Å². The fourth-order valence-corrected chi connectivity index (χ4v) is 1.20. The van der Waals surface area contributed by atoms with Crippen molar-refractivity contribution in [1.29, 1.82) is 0 Å². The van der Waals surface area contributed by atoms with Gasteiger partial charge in [0.05, 0.1) is 12.0 Å². The van der Waals surface area contributed by atoms with Gasteiger partial charge in [-0.15, -0.1) is 6.58 Å². The number of guanidine groups is 1. The molecule has 0 aliphatic rings. The summed E-state index contributed by atoms with van der Waals surface area (Å²) >= 11 is 0. The number of carbonyl (C=O) groups is 1. The summed E-state index contributed by atoms with van der Waals surface area (Å²) in [6, 6.07) is 0. The first-order chi connectivity index (χ1) is 7.97. The van der Waals surface area contributed by atoms with Crippen LogP contribution >= 0.6 is 0 Å². The van der Waals surface area contributed by atoms with E-state index in [1.165, 1.54) is 0 Å². The van der Waals surface area contributed by atoms with Gasteiger partial charge in [0, 0.05) is 20.1 Å². The van der Waals surface area contributed by atoms with Gasteiger partial charge < -0.3 is 16.0 Å². The Morgan fingerprint density at radius 3 is 2.53 bits per heavy atom. The molecule has 0 aromatic rings. The molecule has 0 saturated carbocycles. The van der Waals surface area contributed by atoms with Gasteiger partial charge in [0.15, 0.2) is 5.96 Å². The zero-order valence-corrected chi connectivity index (χ0v) is 11.3. The molecule has 0 atom stereocenters. The second-order valence-corrected chi connectivity index (χ2v) is 4.33. The molecule has 0 saturated heterocycles. The van der Waals surface area contributed by atoms with E-state index < -0.39 is 5.41 Å². The molecule has 0 aromatic carbocycles. The van der Waals surface area contributed by atoms with Crippen molar-refractivity contribution in [2.45, 2.75) is 20.8 Å². The predicted octanol–water partition coefficient (Wildman–Crippen LogP) is 0.500. The maximum absolute atomic E-state index is 11.6. The van der Waals surface area contributed by atoms with Gasteiger partial charge in [-0.1, -0.05) is 6.08 Å². The monoisotopic (exact) mass is 240 g/mol. The van der Waals surface area contributed by atoms with Gasteiger partial charge in [-0.25, -0.2) is 0 Å². The molecule has 0 fully saturated rings. The maximum Gasteiger partial charge on any atom is 0.227 e. The number of hydrogen-bond donors (Lipinski definition) is 3. The van der Waals surface area contributed by atoms with Crippen molar-refractivity contribution in [2.75, 3.05) is 26.7 Å². The van der Waals surface area contributed by atoms with Crippen LogP contribution < -0.4 is 16.0 Å². The second kappa shape index (κ2) is 7.70. The molecule has 0 bridgehead atoms. The van der Waals surface area contributed by atoms with Gasteiger partial charge in [0.2, 0.25) is 5.91 Å². The van der Waals surface area contributed by atoms with Gasteiger partial charge in [0.25, 0.3) is 0 Å². The number of nitrogens with one attached hydrogen (secondary N) is 3. The minimum absolute atomic E-state index is 0.0131. The molecule has 0 unspecified atom stereocenters. The zero-order chi connectivity index (χ0) is 13.3. The first-order valence-electron chi connectivity index (χ1n) is 5.83. The summed E-state index contributed by atoms with van der Waals surface area (Å²) in [5.74, 6) is 0.685. The van der Waals surface area contributed by atoms with Crippen LogP contribution in [0, 0.1) is 5.41 Å². The third kappa shape index (κ3) is 5.94. The Morgan fingerprint density at radius 1 is 1.41 bits per heavy atom. The summed E-state index contributed by atoms with van der Waals surface area (Å²) in [5.41, 5.74) is -0.509. The molecule has 0 aliphatic carbocycles. The fourth-order valence-electron chi connectivity index (χ4n) is 1.20. The Balaban J connectivity index is 4.49. The molecule has 0 radical (unpaired) electrons. The number of amides is 1. The third-order valence-electron chi connectivity index (χ3n) is 2.23. The maximum atomic E-state index is 11.6. The topological polar surface area (TPSA) is 65.5 Å². The molecular formula is C12H24N4O. The summed E-state index contributed by atoms with van der Waals surface area (Å²) in [5, 5.41) is 8.83. The summed E-state index contributed by atoms with van der Waals surface area (Å²) < 4.78 is 0. The molecule has 0 heterocycles. The normalized spacial score (nSPS) is 11.9. The highest BCUT2D eigenvalue weighted by Crippen LogP contribution is 2.14. The lowest BCUT2D eigenvalue weighted by Gasteiger charge is -2.21. The lowest BCUT2D eigenvalue weighted by atomic mass is 9.93. The van der Waals surface area contributed by atoms with Crippen molar-refractivity contribution < 1.29 is 4.79 Å². The number of hydrogen-bond acceptors (Lipinski definition) is 2. The van der Waals surface area contributed by atoms with Crippen LogP contribution in [0.2, 0.25) is 0 Å². The van der Waals surface area contributed by atoms with Crippen molar-refractivity contribution in [3.05, 3.63) is 12.7 Å². The average Bonchev–Trinajstić information content (AvgIpc) is 2.31. The van der Waals surface area contributed by atoms with Crippen molar-refractivity contribution in [3.63, 3.8) is 0 Å². The van der Waals surface area contributed by atoms with Crippen LogP contribution in [-0.4, -0.2) is 38.5 Å². The molecule has 1 amide bonds. The number of carbonyl (C=O) groups excluding carboxylic acids is 1. The Bertz CT molecular complexity index is 284. The molecule has 98 valence electrons. The molecule has 17 heavy (non-hydrogen) atoms. The minimum atomic E-state index is -0.509. The minimum Gasteiger partial charge on any atom is -0.359 e. The Morgan fingerprint density at radius 2 is 2.06 bits per heavy atom. The lowest BCUT2D eigenvalue weighted by Crippen LogP contribution is -2.40. The molecule has 0 rings (SSSR count). The highest BCUT2D eigenvalue weighted by molar-refractivity contribution is 5.83. The molecule has 5 heteroatoms. The van der Waals surface area contributed by atoms with Gasteiger partial charge in [-0.05, 0) is 20.8 Å². The van der Waals surface area contributed by atoms with Crippen LogP contribution in [-0.2, 0) is 4.79 Å². The molecule has 0 aromatic heterocycles. The lowest BCUT2D eigenvalue weighted by molar-refractivity contribution is -0.128. The van der Waals surface area contributed by atoms with Crippen LogP contribution in [0.5, 0.6) is 0 Å². The Kier molecular flexibility index (Phi) is 7.02. The summed E-state index contributed by atoms with van der Waals surface area (Å²) in [6.07, 6.45) is 1.76. The largest absolute Gasteiger partial charge is 0.359 e. The molecule has 0 spiro atoms. The van der Waals surface area contributed by atoms with E-state index >= 15 is 0 Å². The predicted molar refractivity (Wildman–Crippen MR) is 72.0 cm³/mol. The van der Waals surface area contributed by atoms with E-state index in [2.05, 4.69) is 27.5 Å². The van der Waals surface area contributed by atoms with E-state index in [0.29, 0.717) is 19.0 Å². The fraction of sp³-hybridized carbons (Fsp3) is 0.667. The molecule has 5 nitrogen and oxygen atoms in total. The van der Waals surface area contributed by atoms with E-state index in [0.717, 1.165) is 6.54 Å². The number of aliphatic imine (C=N–C) groups is 1. The summed E-state index contributed by atoms with van der Waals surface area (Å²) in [4.78, 5) is 16.0. The van der Waals surface area contributed by atoms with Gasteiger partial charge in [0.1, 0.15) is 0 Å². The van der Waals surface area contributed by atoms with Crippen LogP contribution in [0.3, 0.4) is 0 Å². The van der Waals surface area contributed by atoms with Gasteiger partial charge in [-0.3, -0.25) is 9.79 Å². The van der Waals surface area contributed by atoms with Crippen LogP contribution in [0.4, 0.5) is 0 Å². The summed E-state index contributed by atoms with van der Waals surface area (Å²) in [7, 11) is 1.63. The Labute approximate surface area is 104 Å². The van der Waals surface area contributed by atoms with E-state index in [1.54, 1.807) is 13.1 Å². The Hall–Kier alpha value is -1.52. The van der Waals surface area contributed by atoms with Crippen molar-refractivity contribution >= 4 is 11.9 Å². The molecule has 0 aliphatic heterocycles. The molecule has 3 N–H and O–H groups in total. The second-order valence-electron chi connectivity index (χ2n) is 4.33. The molecular weight excluding hydrogens is 216 g/mol. The van der Waals surface area contributed by atoms with Crippen LogP contribution in [0.1, 0.15) is 20.8 Å². The van der Waals surface area contributed by atoms with Crippen molar-refractivity contribution in [3.8, 4) is 0 Å². The first-order valence-corrected chi connectivity index (χ1v) is 5.83. The average molecular weight is 240 g/mol. The van der Waals surface area contributed by atoms with E-state index in [4.69, 9.17) is 0 Å². The number of nitrogens with zero attached hydrogens (tertiary/aromatic N) is 1. The zero-order valence-electron chi connectivity index (χ0n) is 11.3. The van der Waals surface area contributed by atoms with Crippen molar-refractivity contribution in [1.82, 2.24) is 16.0 Å². The third-order valence-corrected chi connectivity index (χ3v) is 2.23. The quantitative estimate of drug-likeness (QED) is 0.360. The van der Waals surface area contributed by atoms with E-state index in [1.807, 2.05) is 20.8 Å². The van der Waals surface area contributed by atoms with Crippen LogP contribution in [0.25, 0.3) is 0 Å². The van der Waals surface area contributed by atoms with Gasteiger partial charge in [-0.2, -0.15) is 0 Å². The highest BCUT2D eigenvalue weighted by Gasteiger charge is 2.26. The highest BCUT2D eigenvalue weighted by atomic mass is 16.2. The van der Waals surface area contributed by atoms with Crippen molar-refractivity contribution in [2.24, 2.45) is 10.4 Å². The number of rotatable bonds is 6. The first kappa shape index (κ1) is 15.5. The smallest absolute Gasteiger partial charge is 0.227 e. The SMILES string of the molecule is C=CCNC(=NCC(C)(C)C(=O)NC)NCC. The van der Waals surface area contributed by atoms with Crippen LogP contribution in [0.15, 0.2) is 17.6 Å².